The van der Waals surface area contributed by atoms with Gasteiger partial charge in [-0.2, -0.15) is 0 Å². The van der Waals surface area contributed by atoms with Crippen molar-refractivity contribution in [1.29, 1.82) is 0 Å². The third-order valence-electron chi connectivity index (χ3n) is 3.59. The van der Waals surface area contributed by atoms with Gasteiger partial charge in [0.05, 0.1) is 5.69 Å². The highest BCUT2D eigenvalue weighted by atomic mass is 16.5. The fourth-order valence-electron chi connectivity index (χ4n) is 2.33. The van der Waals surface area contributed by atoms with Crippen molar-refractivity contribution in [1.82, 2.24) is 10.6 Å². The minimum Gasteiger partial charge on any atom is -0.479 e. The molecule has 124 valence electrons. The molecule has 0 saturated carbocycles. The van der Waals surface area contributed by atoms with E-state index in [-0.39, 0.29) is 43.7 Å². The second-order valence-electron chi connectivity index (χ2n) is 5.24. The number of para-hydroxylation sites is 2. The zero-order valence-electron chi connectivity index (χ0n) is 13.3. The number of rotatable bonds is 6. The summed E-state index contributed by atoms with van der Waals surface area (Å²) >= 11 is 0. The Labute approximate surface area is 135 Å². The first-order valence-corrected chi connectivity index (χ1v) is 7.57. The maximum absolute atomic E-state index is 12.3. The Kier molecular flexibility index (Phi) is 5.56. The lowest BCUT2D eigenvalue weighted by Gasteiger charge is -2.32. The molecule has 1 atom stereocenters. The topological polar surface area (TPSA) is 87.7 Å². The van der Waals surface area contributed by atoms with E-state index >= 15 is 0 Å². The summed E-state index contributed by atoms with van der Waals surface area (Å²) in [5.41, 5.74) is 0.675. The van der Waals surface area contributed by atoms with Gasteiger partial charge in [-0.25, -0.2) is 0 Å². The number of benzene rings is 1. The predicted octanol–water partition coefficient (Wildman–Crippen LogP) is 0.443. The molecule has 2 N–H and O–H groups in total. The van der Waals surface area contributed by atoms with Crippen molar-refractivity contribution in [2.45, 2.75) is 25.9 Å². The van der Waals surface area contributed by atoms with Gasteiger partial charge < -0.3 is 20.3 Å². The van der Waals surface area contributed by atoms with Crippen molar-refractivity contribution in [3.63, 3.8) is 0 Å². The maximum Gasteiger partial charge on any atom is 0.267 e. The first-order chi connectivity index (χ1) is 11.0. The number of fused-ring (bicyclic) bond motifs is 1. The molecular formula is C16H21N3O4. The van der Waals surface area contributed by atoms with E-state index in [2.05, 4.69) is 10.6 Å². The predicted molar refractivity (Wildman–Crippen MR) is 85.2 cm³/mol. The number of hydrogen-bond acceptors (Lipinski definition) is 4. The van der Waals surface area contributed by atoms with Crippen LogP contribution in [0.25, 0.3) is 0 Å². The minimum absolute atomic E-state index is 0.128. The average molecular weight is 319 g/mol. The molecule has 23 heavy (non-hydrogen) atoms. The van der Waals surface area contributed by atoms with Crippen LogP contribution in [0.1, 0.15) is 19.8 Å². The molecular weight excluding hydrogens is 298 g/mol. The van der Waals surface area contributed by atoms with E-state index in [9.17, 15) is 14.4 Å². The Morgan fingerprint density at radius 3 is 2.70 bits per heavy atom. The molecule has 3 amide bonds. The number of nitrogens with one attached hydrogen (secondary N) is 2. The number of hydrogen-bond donors (Lipinski definition) is 2. The average Bonchev–Trinajstić information content (AvgIpc) is 2.55. The highest BCUT2D eigenvalue weighted by Gasteiger charge is 2.31. The number of anilines is 1. The van der Waals surface area contributed by atoms with Crippen LogP contribution >= 0.6 is 0 Å². The summed E-state index contributed by atoms with van der Waals surface area (Å²) in [6, 6.07) is 7.25. The Morgan fingerprint density at radius 2 is 1.96 bits per heavy atom. The van der Waals surface area contributed by atoms with Crippen LogP contribution in [-0.4, -0.2) is 44.0 Å². The molecule has 1 aliphatic heterocycles. The van der Waals surface area contributed by atoms with E-state index in [0.717, 1.165) is 0 Å². The Hall–Kier alpha value is -2.57. The number of ether oxygens (including phenoxy) is 1. The van der Waals surface area contributed by atoms with Gasteiger partial charge in [0.2, 0.25) is 11.8 Å². The van der Waals surface area contributed by atoms with Gasteiger partial charge in [-0.15, -0.1) is 0 Å². The van der Waals surface area contributed by atoms with Crippen molar-refractivity contribution < 1.29 is 19.1 Å². The molecule has 1 heterocycles. The lowest BCUT2D eigenvalue weighted by Crippen LogP contribution is -2.45. The summed E-state index contributed by atoms with van der Waals surface area (Å²) < 4.78 is 5.55. The normalized spacial score (nSPS) is 16.3. The van der Waals surface area contributed by atoms with E-state index in [1.54, 1.807) is 31.0 Å². The summed E-state index contributed by atoms with van der Waals surface area (Å²) in [4.78, 5) is 36.8. The van der Waals surface area contributed by atoms with Crippen LogP contribution < -0.4 is 20.3 Å². The van der Waals surface area contributed by atoms with Gasteiger partial charge >= 0.3 is 0 Å². The highest BCUT2D eigenvalue weighted by molar-refractivity contribution is 6.00. The highest BCUT2D eigenvalue weighted by Crippen LogP contribution is 2.33. The molecule has 7 heteroatoms. The van der Waals surface area contributed by atoms with E-state index in [1.165, 1.54) is 0 Å². The third-order valence-corrected chi connectivity index (χ3v) is 3.59. The number of nitrogens with zero attached hydrogens (tertiary/aromatic N) is 1. The summed E-state index contributed by atoms with van der Waals surface area (Å²) in [5.74, 6) is 0.149. The van der Waals surface area contributed by atoms with Gasteiger partial charge in [0, 0.05) is 33.0 Å². The molecule has 0 radical (unpaired) electrons. The summed E-state index contributed by atoms with van der Waals surface area (Å²) in [6.07, 6.45) is -0.166. The smallest absolute Gasteiger partial charge is 0.267 e. The SMILES string of the molecule is CNC(=O)CCNC(=O)CCN1C(=O)C(C)Oc2ccccc21. The van der Waals surface area contributed by atoms with Crippen molar-refractivity contribution in [2.24, 2.45) is 0 Å². The van der Waals surface area contributed by atoms with Crippen LogP contribution in [-0.2, 0) is 14.4 Å². The molecule has 1 unspecified atom stereocenters. The van der Waals surface area contributed by atoms with Crippen LogP contribution in [0.3, 0.4) is 0 Å². The summed E-state index contributed by atoms with van der Waals surface area (Å²) in [6.45, 7) is 2.24. The molecule has 0 saturated heterocycles. The van der Waals surface area contributed by atoms with Crippen LogP contribution in [0.4, 0.5) is 5.69 Å². The molecule has 0 aromatic heterocycles. The first-order valence-electron chi connectivity index (χ1n) is 7.57. The van der Waals surface area contributed by atoms with Gasteiger partial charge in [-0.05, 0) is 19.1 Å². The minimum atomic E-state index is -0.568. The fraction of sp³-hybridized carbons (Fsp3) is 0.438. The maximum atomic E-state index is 12.3. The Balaban J connectivity index is 1.90. The second kappa shape index (κ2) is 7.62. The van der Waals surface area contributed by atoms with Gasteiger partial charge in [0.1, 0.15) is 5.75 Å². The third kappa shape index (κ3) is 4.21. The van der Waals surface area contributed by atoms with E-state index in [4.69, 9.17) is 4.74 Å². The van der Waals surface area contributed by atoms with Gasteiger partial charge in [0.15, 0.2) is 6.10 Å². The lowest BCUT2D eigenvalue weighted by molar-refractivity contribution is -0.125. The molecule has 1 aliphatic rings. The van der Waals surface area contributed by atoms with Gasteiger partial charge in [0.25, 0.3) is 5.91 Å². The van der Waals surface area contributed by atoms with Crippen molar-refractivity contribution >= 4 is 23.4 Å². The summed E-state index contributed by atoms with van der Waals surface area (Å²) in [7, 11) is 1.55. The molecule has 2 rings (SSSR count). The molecule has 0 aliphatic carbocycles. The molecule has 1 aromatic carbocycles. The first kappa shape index (κ1) is 16.8. The fourth-order valence-corrected chi connectivity index (χ4v) is 2.33. The van der Waals surface area contributed by atoms with Crippen LogP contribution in [0.5, 0.6) is 5.75 Å². The quantitative estimate of drug-likeness (QED) is 0.796. The molecule has 0 fully saturated rings. The van der Waals surface area contributed by atoms with Gasteiger partial charge in [-0.3, -0.25) is 14.4 Å². The Morgan fingerprint density at radius 1 is 1.22 bits per heavy atom. The van der Waals surface area contributed by atoms with Gasteiger partial charge in [-0.1, -0.05) is 12.1 Å². The lowest BCUT2D eigenvalue weighted by atomic mass is 10.1. The van der Waals surface area contributed by atoms with Crippen molar-refractivity contribution in [3.05, 3.63) is 24.3 Å². The van der Waals surface area contributed by atoms with Crippen molar-refractivity contribution in [3.8, 4) is 5.75 Å². The van der Waals surface area contributed by atoms with E-state index in [0.29, 0.717) is 11.4 Å². The molecule has 7 nitrogen and oxygen atoms in total. The zero-order chi connectivity index (χ0) is 16.8. The van der Waals surface area contributed by atoms with E-state index in [1.807, 2.05) is 12.1 Å². The van der Waals surface area contributed by atoms with Crippen LogP contribution in [0.15, 0.2) is 24.3 Å². The van der Waals surface area contributed by atoms with Crippen LogP contribution in [0.2, 0.25) is 0 Å². The molecule has 1 aromatic rings. The monoisotopic (exact) mass is 319 g/mol. The number of carbonyl (C=O) groups excluding carboxylic acids is 3. The summed E-state index contributed by atoms with van der Waals surface area (Å²) in [5, 5.41) is 5.16. The number of amides is 3. The zero-order valence-corrected chi connectivity index (χ0v) is 13.3. The largest absolute Gasteiger partial charge is 0.479 e. The van der Waals surface area contributed by atoms with Crippen molar-refractivity contribution in [2.75, 3.05) is 25.0 Å². The van der Waals surface area contributed by atoms with Crippen LogP contribution in [0, 0.1) is 0 Å². The molecule has 0 bridgehead atoms. The Bertz CT molecular complexity index is 603. The standard InChI is InChI=1S/C16H21N3O4/c1-11-16(22)19(12-5-3-4-6-13(12)23-11)10-8-15(21)18-9-7-14(20)17-2/h3-6,11H,7-10H2,1-2H3,(H,17,20)(H,18,21). The number of carbonyl (C=O) groups is 3. The second-order valence-corrected chi connectivity index (χ2v) is 5.24. The van der Waals surface area contributed by atoms with E-state index < -0.39 is 6.10 Å². The molecule has 0 spiro atoms.